The molecule has 1 saturated heterocycles. The Morgan fingerprint density at radius 2 is 0.978 bits per heavy atom. The van der Waals surface area contributed by atoms with Crippen LogP contribution in [0.3, 0.4) is 0 Å². The second kappa shape index (κ2) is 34.8. The molecule has 0 spiro atoms. The number of quaternary nitrogens is 1. The molecule has 0 unspecified atom stereocenters. The molecule has 45 heavy (non-hydrogen) atoms. The number of benzene rings is 2. The summed E-state index contributed by atoms with van der Waals surface area (Å²) in [4.78, 5) is 1.79. The lowest BCUT2D eigenvalue weighted by molar-refractivity contribution is -0.870. The molecule has 2 aromatic carbocycles. The molecule has 0 bridgehead atoms. The third-order valence-electron chi connectivity index (χ3n) is 5.97. The number of hydrogen-bond acceptors (Lipinski definition) is 11. The fraction of sp³-hybridized carbons (Fsp3) is 0.636. The van der Waals surface area contributed by atoms with Crippen LogP contribution in [0.15, 0.2) is 60.7 Å². The van der Waals surface area contributed by atoms with Crippen LogP contribution >= 0.6 is 0 Å². The molecule has 12 N–H and O–H groups in total. The molecule has 12 nitrogen and oxygen atoms in total. The summed E-state index contributed by atoms with van der Waals surface area (Å²) in [6, 6.07) is 21.0. The first-order chi connectivity index (χ1) is 21.8. The monoisotopic (exact) mass is 640 g/mol. The van der Waals surface area contributed by atoms with Crippen LogP contribution < -0.4 is 32.7 Å². The summed E-state index contributed by atoms with van der Waals surface area (Å²) in [6.07, 6.45) is 0. The van der Waals surface area contributed by atoms with E-state index in [1.165, 1.54) is 11.1 Å². The average Bonchev–Trinajstić information content (AvgIpc) is 3.05. The van der Waals surface area contributed by atoms with Crippen molar-refractivity contribution in [2.75, 3.05) is 126 Å². The van der Waals surface area contributed by atoms with Gasteiger partial charge in [0.25, 0.3) is 0 Å². The van der Waals surface area contributed by atoms with Gasteiger partial charge in [-0.15, -0.1) is 0 Å². The van der Waals surface area contributed by atoms with Gasteiger partial charge in [0.1, 0.15) is 6.54 Å². The maximum atomic E-state index is 8.48. The first-order valence-corrected chi connectivity index (χ1v) is 16.0. The number of nitrogens with zero attached hydrogens (tertiary/aromatic N) is 2. The van der Waals surface area contributed by atoms with E-state index in [0.717, 1.165) is 63.4 Å². The van der Waals surface area contributed by atoms with Crippen molar-refractivity contribution in [3.05, 3.63) is 71.8 Å². The lowest BCUT2D eigenvalue weighted by Gasteiger charge is -2.21. The highest BCUT2D eigenvalue weighted by molar-refractivity contribution is 5.15. The Balaban J connectivity index is 0. The van der Waals surface area contributed by atoms with E-state index in [1.807, 2.05) is 12.1 Å². The van der Waals surface area contributed by atoms with Crippen molar-refractivity contribution in [2.45, 2.75) is 13.1 Å². The Bertz CT molecular complexity index is 742. The summed E-state index contributed by atoms with van der Waals surface area (Å²) in [5, 5.41) is 47.1. The third-order valence-corrected chi connectivity index (χ3v) is 5.97. The molecule has 0 radical (unpaired) electrons. The molecule has 1 aliphatic rings. The van der Waals surface area contributed by atoms with Crippen molar-refractivity contribution in [1.82, 2.24) is 26.2 Å². The molecular formula is C33H67N8O4+. The van der Waals surface area contributed by atoms with Crippen molar-refractivity contribution >= 4 is 0 Å². The van der Waals surface area contributed by atoms with Gasteiger partial charge in [0.05, 0.1) is 47.6 Å². The molecule has 12 heteroatoms. The lowest BCUT2D eigenvalue weighted by Crippen LogP contribution is -2.39. The van der Waals surface area contributed by atoms with Gasteiger partial charge in [0, 0.05) is 85.1 Å². The normalized spacial score (nSPS) is 12.3. The van der Waals surface area contributed by atoms with E-state index in [0.29, 0.717) is 32.7 Å². The molecule has 2 aromatic rings. The smallest absolute Gasteiger partial charge is 0.101 e. The second-order valence-electron chi connectivity index (χ2n) is 11.2. The van der Waals surface area contributed by atoms with E-state index < -0.39 is 0 Å². The van der Waals surface area contributed by atoms with Crippen molar-refractivity contribution in [3.63, 3.8) is 0 Å². The summed E-state index contributed by atoms with van der Waals surface area (Å²) in [6.45, 7) is 12.5. The van der Waals surface area contributed by atoms with Crippen LogP contribution in [0.4, 0.5) is 0 Å². The maximum Gasteiger partial charge on any atom is 0.101 e. The minimum absolute atomic E-state index is 0.0694. The molecular weight excluding hydrogens is 572 g/mol. The number of aliphatic hydroxyl groups excluding tert-OH is 4. The first kappa shape index (κ1) is 45.1. The van der Waals surface area contributed by atoms with Gasteiger partial charge in [0.15, 0.2) is 0 Å². The maximum absolute atomic E-state index is 8.48. The summed E-state index contributed by atoms with van der Waals surface area (Å²) >= 11 is 0. The predicted molar refractivity (Wildman–Crippen MR) is 188 cm³/mol. The molecule has 0 amide bonds. The number of nitrogens with one attached hydrogen (secondary N) is 4. The largest absolute Gasteiger partial charge is 0.395 e. The minimum Gasteiger partial charge on any atom is -0.395 e. The quantitative estimate of drug-likeness (QED) is 0.0770. The van der Waals surface area contributed by atoms with E-state index in [1.54, 1.807) is 4.90 Å². The van der Waals surface area contributed by atoms with Gasteiger partial charge in [-0.25, -0.2) is 0 Å². The van der Waals surface area contributed by atoms with Crippen LogP contribution in [-0.4, -0.2) is 156 Å². The molecule has 1 aliphatic heterocycles. The van der Waals surface area contributed by atoms with Crippen LogP contribution in [0.25, 0.3) is 0 Å². The highest BCUT2D eigenvalue weighted by Gasteiger charge is 2.02. The van der Waals surface area contributed by atoms with E-state index in [-0.39, 0.29) is 26.4 Å². The van der Waals surface area contributed by atoms with Crippen LogP contribution in [0, 0.1) is 0 Å². The van der Waals surface area contributed by atoms with E-state index in [4.69, 9.17) is 31.9 Å². The zero-order valence-corrected chi connectivity index (χ0v) is 28.3. The number of likely N-dealkylation sites (N-methyl/N-ethyl adjacent to an activating group) is 1. The molecule has 0 atom stereocenters. The first-order valence-electron chi connectivity index (χ1n) is 16.0. The Kier molecular flexibility index (Phi) is 34.9. The number of rotatable bonds is 16. The second-order valence-corrected chi connectivity index (χ2v) is 11.2. The number of nitrogens with two attached hydrogens (primary N) is 2. The van der Waals surface area contributed by atoms with Gasteiger partial charge >= 0.3 is 0 Å². The van der Waals surface area contributed by atoms with Crippen LogP contribution in [0.5, 0.6) is 0 Å². The van der Waals surface area contributed by atoms with Crippen molar-refractivity contribution < 1.29 is 24.9 Å². The summed E-state index contributed by atoms with van der Waals surface area (Å²) in [7, 11) is 6.16. The highest BCUT2D eigenvalue weighted by Crippen LogP contribution is 1.97. The summed E-state index contributed by atoms with van der Waals surface area (Å²) in [5.41, 5.74) is 12.5. The zero-order chi connectivity index (χ0) is 33.9. The molecule has 0 aliphatic carbocycles. The molecule has 3 rings (SSSR count). The number of hydrogen-bond donors (Lipinski definition) is 10. The van der Waals surface area contributed by atoms with E-state index in [2.05, 4.69) is 90.9 Å². The summed E-state index contributed by atoms with van der Waals surface area (Å²) < 4.78 is 0.844. The lowest BCUT2D eigenvalue weighted by atomic mass is 10.2. The Morgan fingerprint density at radius 3 is 1.20 bits per heavy atom. The van der Waals surface area contributed by atoms with Crippen molar-refractivity contribution in [2.24, 2.45) is 11.5 Å². The Morgan fingerprint density at radius 1 is 0.622 bits per heavy atom. The Labute approximate surface area is 273 Å². The molecule has 0 saturated carbocycles. The van der Waals surface area contributed by atoms with E-state index in [9.17, 15) is 0 Å². The van der Waals surface area contributed by atoms with Gasteiger partial charge in [-0.2, -0.15) is 0 Å². The fourth-order valence-corrected chi connectivity index (χ4v) is 3.50. The Hall–Kier alpha value is -2.04. The predicted octanol–water partition coefficient (Wildman–Crippen LogP) is -1.40. The SMILES string of the molecule is C1CNCCN1.C[N+](C)(C)CCO.NCCN.OCCN(CCO)CCO.c1ccc(CNCCNCc2ccccc2)cc1. The van der Waals surface area contributed by atoms with Gasteiger partial charge < -0.3 is 57.6 Å². The zero-order valence-electron chi connectivity index (χ0n) is 28.3. The molecule has 0 aromatic heterocycles. The van der Waals surface area contributed by atoms with Crippen LogP contribution in [0.2, 0.25) is 0 Å². The number of aliphatic hydroxyl groups is 4. The van der Waals surface area contributed by atoms with Gasteiger partial charge in [-0.05, 0) is 11.1 Å². The molecule has 262 valence electrons. The van der Waals surface area contributed by atoms with Gasteiger partial charge in [-0.1, -0.05) is 60.7 Å². The van der Waals surface area contributed by atoms with Crippen molar-refractivity contribution in [1.29, 1.82) is 0 Å². The van der Waals surface area contributed by atoms with E-state index >= 15 is 0 Å². The van der Waals surface area contributed by atoms with Crippen molar-refractivity contribution in [3.8, 4) is 0 Å². The van der Waals surface area contributed by atoms with Gasteiger partial charge in [0.2, 0.25) is 0 Å². The number of piperazine rings is 1. The van der Waals surface area contributed by atoms with Crippen LogP contribution in [0.1, 0.15) is 11.1 Å². The fourth-order valence-electron chi connectivity index (χ4n) is 3.50. The van der Waals surface area contributed by atoms with Gasteiger partial charge in [-0.3, -0.25) is 4.90 Å². The third kappa shape index (κ3) is 36.3. The highest BCUT2D eigenvalue weighted by atomic mass is 16.3. The molecule has 1 heterocycles. The topological polar surface area (TPSA) is 184 Å². The minimum atomic E-state index is 0.0694. The average molecular weight is 640 g/mol. The van der Waals surface area contributed by atoms with Crippen LogP contribution in [-0.2, 0) is 13.1 Å². The summed E-state index contributed by atoms with van der Waals surface area (Å²) in [5.74, 6) is 0. The molecule has 1 fully saturated rings. The standard InChI is InChI=1S/C16H20N2.C6H15NO3.C5H14NO.C4H10N2.C2H8N2/c1-3-7-15(8-4-1)13-17-11-12-18-14-16-9-5-2-6-10-16;8-4-1-7(2-5-9)3-6-10;1-6(2,3)4-5-7;1-2-6-4-3-5-1;3-1-2-4/h1-10,17-18H,11-14H2;8-10H,1-6H2;7H,4-5H2,1-3H3;5-6H,1-4H2;1-4H2/q;;+1;;.